The van der Waals surface area contributed by atoms with Crippen LogP contribution in [-0.2, 0) is 4.79 Å². The fraction of sp³-hybridized carbons (Fsp3) is 0.875. The van der Waals surface area contributed by atoms with Gasteiger partial charge in [-0.25, -0.2) is 0 Å². The van der Waals surface area contributed by atoms with E-state index < -0.39 is 12.1 Å². The normalized spacial score (nSPS) is 21.4. The minimum Gasteiger partial charge on any atom is -0.332 e. The van der Waals surface area contributed by atoms with E-state index in [1.54, 1.807) is 6.92 Å². The third-order valence-electron chi connectivity index (χ3n) is 1.82. The van der Waals surface area contributed by atoms with Crippen LogP contribution in [0.1, 0.15) is 27.2 Å². The minimum absolute atomic E-state index is 0.236. The zero-order chi connectivity index (χ0) is 10.6. The molecule has 1 aliphatic heterocycles. The van der Waals surface area contributed by atoms with Crippen LogP contribution in [0.15, 0.2) is 0 Å². The van der Waals surface area contributed by atoms with Crippen LogP contribution in [0.25, 0.3) is 0 Å². The maximum atomic E-state index is 11.7. The molecule has 0 aromatic heterocycles. The number of rotatable bonds is 0. The highest BCUT2D eigenvalue weighted by Gasteiger charge is 2.46. The molecular weight excluding hydrogens is 183 g/mol. The predicted octanol–water partition coefficient (Wildman–Crippen LogP) is 2.20. The summed E-state index contributed by atoms with van der Waals surface area (Å²) in [7, 11) is 0. The summed E-state index contributed by atoms with van der Waals surface area (Å²) in [4.78, 5) is 11.3. The van der Waals surface area contributed by atoms with E-state index in [2.05, 4.69) is 0 Å². The van der Waals surface area contributed by atoms with Gasteiger partial charge in [0.15, 0.2) is 0 Å². The second-order valence-corrected chi connectivity index (χ2v) is 2.63. The van der Waals surface area contributed by atoms with E-state index in [1.165, 1.54) is 0 Å². The Morgan fingerprint density at radius 2 is 1.85 bits per heavy atom. The van der Waals surface area contributed by atoms with Gasteiger partial charge in [0, 0.05) is 12.6 Å². The Morgan fingerprint density at radius 3 is 1.92 bits per heavy atom. The summed E-state index contributed by atoms with van der Waals surface area (Å²) >= 11 is 0. The first-order valence-corrected chi connectivity index (χ1v) is 4.30. The zero-order valence-electron chi connectivity index (χ0n) is 7.98. The van der Waals surface area contributed by atoms with E-state index in [0.717, 1.165) is 4.90 Å². The topological polar surface area (TPSA) is 20.3 Å². The molecule has 0 bridgehead atoms. The third kappa shape index (κ3) is 2.90. The van der Waals surface area contributed by atoms with Gasteiger partial charge in [0.05, 0.1) is 0 Å². The molecule has 1 aliphatic rings. The van der Waals surface area contributed by atoms with Gasteiger partial charge in [0.2, 0.25) is 0 Å². The molecule has 0 aromatic rings. The molecule has 1 atom stereocenters. The molecule has 13 heavy (non-hydrogen) atoms. The van der Waals surface area contributed by atoms with Gasteiger partial charge in [0.1, 0.15) is 0 Å². The predicted molar refractivity (Wildman–Crippen MR) is 43.2 cm³/mol. The quantitative estimate of drug-likeness (QED) is 0.583. The third-order valence-corrected chi connectivity index (χ3v) is 1.82. The monoisotopic (exact) mass is 197 g/mol. The fourth-order valence-corrected chi connectivity index (χ4v) is 0.981. The van der Waals surface area contributed by atoms with Gasteiger partial charge >= 0.3 is 12.1 Å². The molecule has 1 saturated heterocycles. The van der Waals surface area contributed by atoms with Gasteiger partial charge in [-0.2, -0.15) is 13.2 Å². The van der Waals surface area contributed by atoms with E-state index in [0.29, 0.717) is 6.42 Å². The number of alkyl halides is 3. The van der Waals surface area contributed by atoms with Crippen LogP contribution in [0.2, 0.25) is 0 Å². The number of likely N-dealkylation sites (tertiary alicyclic amines) is 1. The summed E-state index contributed by atoms with van der Waals surface area (Å²) in [6.07, 6.45) is -4.03. The molecule has 0 radical (unpaired) electrons. The van der Waals surface area contributed by atoms with Gasteiger partial charge in [0.25, 0.3) is 0 Å². The van der Waals surface area contributed by atoms with Crippen LogP contribution in [0.3, 0.4) is 0 Å². The molecule has 0 aliphatic carbocycles. The Bertz CT molecular complexity index is 179. The van der Waals surface area contributed by atoms with E-state index in [-0.39, 0.29) is 12.6 Å². The van der Waals surface area contributed by atoms with Crippen molar-refractivity contribution < 1.29 is 18.0 Å². The van der Waals surface area contributed by atoms with Crippen molar-refractivity contribution in [3.8, 4) is 0 Å². The molecule has 0 N–H and O–H groups in total. The minimum atomic E-state index is -4.70. The Kier molecular flexibility index (Phi) is 4.23. The molecule has 2 nitrogen and oxygen atoms in total. The molecule has 5 heteroatoms. The van der Waals surface area contributed by atoms with Crippen LogP contribution in [0.5, 0.6) is 0 Å². The second-order valence-electron chi connectivity index (χ2n) is 2.63. The van der Waals surface area contributed by atoms with Gasteiger partial charge in [-0.15, -0.1) is 0 Å². The number of carbonyl (C=O) groups is 1. The van der Waals surface area contributed by atoms with Crippen molar-refractivity contribution >= 4 is 5.91 Å². The molecule has 78 valence electrons. The standard InChI is InChI=1S/C6H8F3NO.C2H6/c1-4-2-3-10(4)5(11)6(7,8)9;1-2/h4H,2-3H2,1H3;1-2H3. The summed E-state index contributed by atoms with van der Waals surface area (Å²) in [5.74, 6) is -1.71. The van der Waals surface area contributed by atoms with Crippen LogP contribution in [-0.4, -0.2) is 29.6 Å². The average molecular weight is 197 g/mol. The lowest BCUT2D eigenvalue weighted by Gasteiger charge is -2.38. The van der Waals surface area contributed by atoms with Gasteiger partial charge in [-0.05, 0) is 13.3 Å². The largest absolute Gasteiger partial charge is 0.471 e. The van der Waals surface area contributed by atoms with Crippen molar-refractivity contribution in [3.05, 3.63) is 0 Å². The van der Waals surface area contributed by atoms with Crippen LogP contribution >= 0.6 is 0 Å². The Hall–Kier alpha value is -0.740. The molecule has 1 unspecified atom stereocenters. The molecule has 0 aromatic carbocycles. The van der Waals surface area contributed by atoms with Crippen LogP contribution < -0.4 is 0 Å². The fourth-order valence-electron chi connectivity index (χ4n) is 0.981. The number of carbonyl (C=O) groups excluding carboxylic acids is 1. The summed E-state index contributed by atoms with van der Waals surface area (Å²) in [5, 5.41) is 0. The van der Waals surface area contributed by atoms with Crippen molar-refractivity contribution in [2.45, 2.75) is 39.4 Å². The maximum absolute atomic E-state index is 11.7. The highest BCUT2D eigenvalue weighted by atomic mass is 19.4. The molecule has 1 amide bonds. The second kappa shape index (κ2) is 4.48. The highest BCUT2D eigenvalue weighted by Crippen LogP contribution is 2.25. The van der Waals surface area contributed by atoms with Gasteiger partial charge in [-0.1, -0.05) is 13.8 Å². The van der Waals surface area contributed by atoms with Crippen molar-refractivity contribution in [2.75, 3.05) is 6.54 Å². The number of amides is 1. The molecule has 0 saturated carbocycles. The maximum Gasteiger partial charge on any atom is 0.471 e. The highest BCUT2D eigenvalue weighted by molar-refractivity contribution is 5.82. The first-order valence-electron chi connectivity index (χ1n) is 4.30. The lowest BCUT2D eigenvalue weighted by atomic mass is 10.1. The Balaban J connectivity index is 0.000000671. The molecule has 1 fully saturated rings. The number of hydrogen-bond acceptors (Lipinski definition) is 1. The molecule has 0 spiro atoms. The first kappa shape index (κ1) is 12.3. The van der Waals surface area contributed by atoms with E-state index in [9.17, 15) is 18.0 Å². The zero-order valence-corrected chi connectivity index (χ0v) is 7.98. The van der Waals surface area contributed by atoms with Crippen molar-refractivity contribution in [3.63, 3.8) is 0 Å². The van der Waals surface area contributed by atoms with Crippen molar-refractivity contribution in [1.82, 2.24) is 4.90 Å². The molecular formula is C8H14F3NO. The SMILES string of the molecule is CC.CC1CCN1C(=O)C(F)(F)F. The van der Waals surface area contributed by atoms with Crippen LogP contribution in [0.4, 0.5) is 13.2 Å². The summed E-state index contributed by atoms with van der Waals surface area (Å²) in [6.45, 7) is 5.84. The number of halogens is 3. The lowest BCUT2D eigenvalue weighted by Crippen LogP contribution is -2.54. The van der Waals surface area contributed by atoms with E-state index in [4.69, 9.17) is 0 Å². The van der Waals surface area contributed by atoms with E-state index >= 15 is 0 Å². The Labute approximate surface area is 75.7 Å². The van der Waals surface area contributed by atoms with Crippen LogP contribution in [0, 0.1) is 0 Å². The van der Waals surface area contributed by atoms with Gasteiger partial charge < -0.3 is 4.90 Å². The first-order chi connectivity index (χ1) is 5.93. The van der Waals surface area contributed by atoms with Crippen molar-refractivity contribution in [2.24, 2.45) is 0 Å². The Morgan fingerprint density at radius 1 is 1.38 bits per heavy atom. The molecule has 1 heterocycles. The average Bonchev–Trinajstić information content (AvgIpc) is 2.04. The number of nitrogens with zero attached hydrogens (tertiary/aromatic N) is 1. The lowest BCUT2D eigenvalue weighted by molar-refractivity contribution is -0.192. The summed E-state index contributed by atoms with van der Waals surface area (Å²) < 4.78 is 35.1. The van der Waals surface area contributed by atoms with Gasteiger partial charge in [-0.3, -0.25) is 4.79 Å². The van der Waals surface area contributed by atoms with E-state index in [1.807, 2.05) is 13.8 Å². The van der Waals surface area contributed by atoms with Crippen molar-refractivity contribution in [1.29, 1.82) is 0 Å². The molecule has 1 rings (SSSR count). The smallest absolute Gasteiger partial charge is 0.332 e. The summed E-state index contributed by atoms with van der Waals surface area (Å²) in [5.41, 5.74) is 0. The summed E-state index contributed by atoms with van der Waals surface area (Å²) in [6, 6.07) is -0.246. The number of hydrogen-bond donors (Lipinski definition) is 0.